The van der Waals surface area contributed by atoms with Crippen LogP contribution in [0.4, 0.5) is 0 Å². The van der Waals surface area contributed by atoms with Crippen LogP contribution in [0, 0.1) is 17.2 Å². The molecule has 0 unspecified atom stereocenters. The number of likely N-dealkylation sites (tertiary alicyclic amines) is 1. The van der Waals surface area contributed by atoms with Gasteiger partial charge in [-0.3, -0.25) is 14.6 Å². The van der Waals surface area contributed by atoms with E-state index < -0.39 is 0 Å². The highest BCUT2D eigenvalue weighted by molar-refractivity contribution is 5.90. The first-order valence-electron chi connectivity index (χ1n) is 10.6. The Morgan fingerprint density at radius 2 is 2.11 bits per heavy atom. The molecule has 4 aliphatic rings. The molecule has 3 aliphatic heterocycles. The monoisotopic (exact) mass is 378 g/mol. The van der Waals surface area contributed by atoms with Gasteiger partial charge < -0.3 is 9.80 Å². The Morgan fingerprint density at radius 1 is 1.25 bits per heavy atom. The molecule has 4 heterocycles. The van der Waals surface area contributed by atoms with Gasteiger partial charge in [-0.25, -0.2) is 0 Å². The van der Waals surface area contributed by atoms with E-state index in [4.69, 9.17) is 0 Å². The minimum atomic E-state index is -0.334. The van der Waals surface area contributed by atoms with Crippen molar-refractivity contribution in [2.45, 2.75) is 74.9 Å². The lowest BCUT2D eigenvalue weighted by Gasteiger charge is -2.34. The second-order valence-corrected chi connectivity index (χ2v) is 8.85. The van der Waals surface area contributed by atoms with E-state index in [0.29, 0.717) is 13.0 Å². The fourth-order valence-electron chi connectivity index (χ4n) is 5.90. The summed E-state index contributed by atoms with van der Waals surface area (Å²) in [5.41, 5.74) is 0.699. The summed E-state index contributed by atoms with van der Waals surface area (Å²) in [5.74, 6) is 0.0183. The van der Waals surface area contributed by atoms with Gasteiger partial charge in [0.1, 0.15) is 6.04 Å². The third-order valence-electron chi connectivity index (χ3n) is 7.43. The van der Waals surface area contributed by atoms with Crippen molar-refractivity contribution in [3.63, 3.8) is 0 Å². The van der Waals surface area contributed by atoms with Crippen LogP contribution in [0.2, 0.25) is 0 Å². The van der Waals surface area contributed by atoms with Gasteiger partial charge in [0.2, 0.25) is 11.8 Å². The van der Waals surface area contributed by atoms with E-state index in [1.807, 2.05) is 28.1 Å². The average Bonchev–Trinajstić information content (AvgIpc) is 3.32. The number of aromatic nitrogens is 1. The molecule has 1 aromatic rings. The number of rotatable bonds is 2. The lowest BCUT2D eigenvalue weighted by atomic mass is 9.85. The summed E-state index contributed by atoms with van der Waals surface area (Å²) < 4.78 is 0. The zero-order valence-corrected chi connectivity index (χ0v) is 16.1. The Bertz CT molecular complexity index is 829. The molecular formula is C22H26N4O2. The molecule has 3 saturated heterocycles. The predicted octanol–water partition coefficient (Wildman–Crippen LogP) is 2.61. The fraction of sp³-hybridized carbons (Fsp3) is 0.636. The summed E-state index contributed by atoms with van der Waals surface area (Å²) in [4.78, 5) is 34.5. The molecule has 0 bridgehead atoms. The summed E-state index contributed by atoms with van der Waals surface area (Å²) in [6.45, 7) is 0.561. The van der Waals surface area contributed by atoms with Gasteiger partial charge in [0.25, 0.3) is 0 Å². The molecule has 1 aromatic heterocycles. The minimum Gasteiger partial charge on any atom is -0.333 e. The Hall–Kier alpha value is -2.42. The van der Waals surface area contributed by atoms with Gasteiger partial charge in [-0.2, -0.15) is 5.26 Å². The molecule has 0 aromatic carbocycles. The number of carbonyl (C=O) groups excluding carboxylic acids is 2. The highest BCUT2D eigenvalue weighted by Crippen LogP contribution is 2.58. The number of pyridine rings is 1. The smallest absolute Gasteiger partial charge is 0.245 e. The quantitative estimate of drug-likeness (QED) is 0.793. The van der Waals surface area contributed by atoms with Crippen LogP contribution >= 0.6 is 0 Å². The first-order valence-corrected chi connectivity index (χ1v) is 10.6. The lowest BCUT2D eigenvalue weighted by Crippen LogP contribution is -2.52. The van der Waals surface area contributed by atoms with E-state index in [1.54, 1.807) is 6.20 Å². The third-order valence-corrected chi connectivity index (χ3v) is 7.43. The average molecular weight is 378 g/mol. The molecular weight excluding hydrogens is 352 g/mol. The van der Waals surface area contributed by atoms with Crippen LogP contribution in [0.15, 0.2) is 24.5 Å². The fourth-order valence-corrected chi connectivity index (χ4v) is 5.90. The minimum absolute atomic E-state index is 0.00202. The van der Waals surface area contributed by atoms with E-state index in [0.717, 1.165) is 50.5 Å². The zero-order valence-electron chi connectivity index (χ0n) is 16.1. The van der Waals surface area contributed by atoms with Crippen molar-refractivity contribution in [1.82, 2.24) is 14.8 Å². The van der Waals surface area contributed by atoms with Crippen molar-refractivity contribution in [1.29, 1.82) is 5.26 Å². The number of hydrogen-bond donors (Lipinski definition) is 0. The number of hydrogen-bond acceptors (Lipinski definition) is 4. The van der Waals surface area contributed by atoms with E-state index in [2.05, 4.69) is 11.1 Å². The number of nitrogens with zero attached hydrogens (tertiary/aromatic N) is 4. The van der Waals surface area contributed by atoms with Crippen molar-refractivity contribution in [3.05, 3.63) is 30.1 Å². The van der Waals surface area contributed by atoms with Crippen molar-refractivity contribution < 1.29 is 9.59 Å². The maximum atomic E-state index is 13.7. The second-order valence-electron chi connectivity index (χ2n) is 8.85. The predicted molar refractivity (Wildman–Crippen MR) is 102 cm³/mol. The SMILES string of the molecule is N#C[C@@H]1[C@@H](c2cccnc2)CN(C(=O)[C@@H]2CC[C@@H]3CCCCC(=O)N32)C12CC2. The number of carbonyl (C=O) groups is 2. The number of nitriles is 1. The number of amides is 2. The van der Waals surface area contributed by atoms with Crippen LogP contribution in [-0.2, 0) is 9.59 Å². The van der Waals surface area contributed by atoms with Gasteiger partial charge in [-0.1, -0.05) is 12.5 Å². The Morgan fingerprint density at radius 3 is 2.82 bits per heavy atom. The molecule has 4 fully saturated rings. The van der Waals surface area contributed by atoms with Gasteiger partial charge >= 0.3 is 0 Å². The first kappa shape index (κ1) is 17.7. The number of fused-ring (bicyclic) bond motifs is 1. The summed E-state index contributed by atoms with van der Waals surface area (Å²) in [7, 11) is 0. The van der Waals surface area contributed by atoms with Gasteiger partial charge in [0.15, 0.2) is 0 Å². The van der Waals surface area contributed by atoms with E-state index in [1.165, 1.54) is 0 Å². The molecule has 1 spiro atoms. The van der Waals surface area contributed by atoms with E-state index in [9.17, 15) is 14.9 Å². The largest absolute Gasteiger partial charge is 0.333 e. The standard InChI is InChI=1S/C22H26N4O2/c23-12-18-17(15-4-3-11-24-13-15)14-25(22(18)9-10-22)21(28)19-8-7-16-5-1-2-6-20(27)26(16)19/h3-4,11,13,16-19H,1-2,5-10,14H2/t16-,17+,18+,19-/m0/s1. The van der Waals surface area contributed by atoms with Crippen LogP contribution in [0.5, 0.6) is 0 Å². The highest BCUT2D eigenvalue weighted by Gasteiger charge is 2.64. The Kier molecular flexibility index (Phi) is 4.15. The van der Waals surface area contributed by atoms with Crippen molar-refractivity contribution >= 4 is 11.8 Å². The molecule has 6 nitrogen and oxygen atoms in total. The van der Waals surface area contributed by atoms with Crippen LogP contribution < -0.4 is 0 Å². The zero-order chi connectivity index (χ0) is 19.3. The molecule has 5 rings (SSSR count). The van der Waals surface area contributed by atoms with Gasteiger partial charge in [-0.15, -0.1) is 0 Å². The lowest BCUT2D eigenvalue weighted by molar-refractivity contribution is -0.146. The van der Waals surface area contributed by atoms with Gasteiger partial charge in [0.05, 0.1) is 17.5 Å². The molecule has 0 N–H and O–H groups in total. The normalized spacial score (nSPS) is 33.5. The van der Waals surface area contributed by atoms with Gasteiger partial charge in [-0.05, 0) is 50.2 Å². The Balaban J connectivity index is 1.44. The topological polar surface area (TPSA) is 77.3 Å². The third kappa shape index (κ3) is 2.56. The molecule has 4 atom stereocenters. The van der Waals surface area contributed by atoms with Crippen LogP contribution in [0.3, 0.4) is 0 Å². The molecule has 0 radical (unpaired) electrons. The van der Waals surface area contributed by atoms with E-state index >= 15 is 0 Å². The molecule has 6 heteroatoms. The van der Waals surface area contributed by atoms with E-state index in [-0.39, 0.29) is 41.3 Å². The van der Waals surface area contributed by atoms with Gasteiger partial charge in [0, 0.05) is 37.3 Å². The molecule has 1 saturated carbocycles. The summed E-state index contributed by atoms with van der Waals surface area (Å²) in [6, 6.07) is 6.31. The summed E-state index contributed by atoms with van der Waals surface area (Å²) >= 11 is 0. The maximum Gasteiger partial charge on any atom is 0.245 e. The Labute approximate surface area is 165 Å². The van der Waals surface area contributed by atoms with Crippen molar-refractivity contribution in [2.24, 2.45) is 5.92 Å². The first-order chi connectivity index (χ1) is 13.7. The molecule has 28 heavy (non-hydrogen) atoms. The maximum absolute atomic E-state index is 13.7. The van der Waals surface area contributed by atoms with Crippen LogP contribution in [0.25, 0.3) is 0 Å². The molecule has 1 aliphatic carbocycles. The summed E-state index contributed by atoms with van der Waals surface area (Å²) in [6.07, 6.45) is 10.6. The second kappa shape index (κ2) is 6.58. The van der Waals surface area contributed by atoms with Crippen LogP contribution in [0.1, 0.15) is 62.8 Å². The highest BCUT2D eigenvalue weighted by atomic mass is 16.2. The van der Waals surface area contributed by atoms with Crippen LogP contribution in [-0.4, -0.2) is 50.8 Å². The van der Waals surface area contributed by atoms with Crippen molar-refractivity contribution in [3.8, 4) is 6.07 Å². The summed E-state index contributed by atoms with van der Waals surface area (Å²) in [5, 5.41) is 9.93. The van der Waals surface area contributed by atoms with Crippen molar-refractivity contribution in [2.75, 3.05) is 6.54 Å². The molecule has 2 amide bonds. The molecule has 146 valence electrons.